The number of aryl methyl sites for hydroxylation is 1. The molecular weight excluding hydrogens is 273 g/mol. The fourth-order valence-corrected chi connectivity index (χ4v) is 2.13. The minimum atomic E-state index is -0.358. The Morgan fingerprint density at radius 3 is 2.67 bits per heavy atom. The van der Waals surface area contributed by atoms with Gasteiger partial charge in [-0.3, -0.25) is 4.79 Å². The number of benzene rings is 1. The minimum Gasteiger partial charge on any atom is -0.380 e. The molecule has 3 aromatic rings. The van der Waals surface area contributed by atoms with E-state index in [1.54, 1.807) is 25.3 Å². The van der Waals surface area contributed by atoms with Crippen LogP contribution in [0.25, 0.3) is 22.5 Å². The lowest BCUT2D eigenvalue weighted by Crippen LogP contribution is -2.05. The van der Waals surface area contributed by atoms with E-state index in [0.29, 0.717) is 16.7 Å². The van der Waals surface area contributed by atoms with Crippen LogP contribution in [0.15, 0.2) is 45.8 Å². The van der Waals surface area contributed by atoms with Crippen LogP contribution in [-0.2, 0) is 0 Å². The van der Waals surface area contributed by atoms with Gasteiger partial charge in [0.05, 0.1) is 11.1 Å². The van der Waals surface area contributed by atoms with Gasteiger partial charge in [0.1, 0.15) is 5.82 Å². The predicted octanol–water partition coefficient (Wildman–Crippen LogP) is 2.73. The van der Waals surface area contributed by atoms with Gasteiger partial charge in [-0.1, -0.05) is 17.3 Å². The summed E-state index contributed by atoms with van der Waals surface area (Å²) in [4.78, 5) is 15.0. The molecule has 0 aliphatic rings. The summed E-state index contributed by atoms with van der Waals surface area (Å²) in [6.07, 6.45) is 1.55. The monoisotopic (exact) mass is 285 g/mol. The van der Waals surface area contributed by atoms with Crippen molar-refractivity contribution in [3.05, 3.63) is 58.3 Å². The molecule has 3 rings (SSSR count). The van der Waals surface area contributed by atoms with Gasteiger partial charge in [-0.05, 0) is 24.6 Å². The summed E-state index contributed by atoms with van der Waals surface area (Å²) in [5, 5.41) is 3.71. The maximum atomic E-state index is 13.0. The molecule has 2 heterocycles. The second-order valence-corrected chi connectivity index (χ2v) is 4.67. The molecule has 106 valence electrons. The summed E-state index contributed by atoms with van der Waals surface area (Å²) in [6.45, 7) is 1.78. The van der Waals surface area contributed by atoms with Gasteiger partial charge >= 0.3 is 0 Å². The van der Waals surface area contributed by atoms with Crippen molar-refractivity contribution in [1.29, 1.82) is 0 Å². The second kappa shape index (κ2) is 4.90. The third-order valence-corrected chi connectivity index (χ3v) is 3.15. The Kier molecular flexibility index (Phi) is 3.06. The van der Waals surface area contributed by atoms with Gasteiger partial charge in [0.25, 0.3) is 0 Å². The molecule has 1 aromatic carbocycles. The van der Waals surface area contributed by atoms with E-state index in [0.717, 1.165) is 5.69 Å². The molecule has 0 saturated carbocycles. The van der Waals surface area contributed by atoms with Gasteiger partial charge in [0.15, 0.2) is 17.0 Å². The number of rotatable bonds is 2. The number of nitrogens with zero attached hydrogens (tertiary/aromatic N) is 1. The number of halogens is 1. The molecular formula is C15H12FN3O2. The number of nitrogens with two attached hydrogens (primary N) is 1. The maximum absolute atomic E-state index is 13.0. The van der Waals surface area contributed by atoms with Crippen molar-refractivity contribution in [2.45, 2.75) is 6.92 Å². The molecule has 0 aliphatic heterocycles. The molecule has 6 heteroatoms. The van der Waals surface area contributed by atoms with Gasteiger partial charge in [-0.25, -0.2) is 4.39 Å². The van der Waals surface area contributed by atoms with E-state index < -0.39 is 0 Å². The van der Waals surface area contributed by atoms with Crippen LogP contribution in [0, 0.1) is 12.7 Å². The van der Waals surface area contributed by atoms with Gasteiger partial charge in [0.2, 0.25) is 0 Å². The molecule has 0 spiro atoms. The van der Waals surface area contributed by atoms with Crippen molar-refractivity contribution >= 4 is 5.82 Å². The number of nitrogen functional groups attached to an aromatic ring is 1. The Balaban J connectivity index is 2.21. The number of H-pyrrole nitrogens is 1. The quantitative estimate of drug-likeness (QED) is 0.758. The Morgan fingerprint density at radius 2 is 2.00 bits per heavy atom. The van der Waals surface area contributed by atoms with Crippen LogP contribution in [0.1, 0.15) is 5.69 Å². The topological polar surface area (TPSA) is 84.9 Å². The van der Waals surface area contributed by atoms with Crippen molar-refractivity contribution in [2.24, 2.45) is 0 Å². The third kappa shape index (κ3) is 2.31. The maximum Gasteiger partial charge on any atom is 0.192 e. The highest BCUT2D eigenvalue weighted by Crippen LogP contribution is 2.35. The van der Waals surface area contributed by atoms with E-state index in [-0.39, 0.29) is 22.8 Å². The first-order valence-corrected chi connectivity index (χ1v) is 6.27. The molecule has 21 heavy (non-hydrogen) atoms. The van der Waals surface area contributed by atoms with Crippen molar-refractivity contribution in [1.82, 2.24) is 10.1 Å². The van der Waals surface area contributed by atoms with Crippen LogP contribution in [0.3, 0.4) is 0 Å². The van der Waals surface area contributed by atoms with E-state index in [1.165, 1.54) is 18.2 Å². The fraction of sp³-hybridized carbons (Fsp3) is 0.0667. The number of nitrogens with one attached hydrogen (secondary N) is 1. The molecule has 0 radical (unpaired) electrons. The summed E-state index contributed by atoms with van der Waals surface area (Å²) < 4.78 is 18.2. The number of anilines is 1. The number of aromatic amines is 1. The molecule has 3 N–H and O–H groups in total. The Bertz CT molecular complexity index is 850. The second-order valence-electron chi connectivity index (χ2n) is 4.67. The number of hydrogen-bond donors (Lipinski definition) is 2. The van der Waals surface area contributed by atoms with Crippen molar-refractivity contribution in [2.75, 3.05) is 5.73 Å². The first kappa shape index (κ1) is 13.1. The highest BCUT2D eigenvalue weighted by Gasteiger charge is 2.19. The summed E-state index contributed by atoms with van der Waals surface area (Å²) in [6, 6.07) is 7.20. The Morgan fingerprint density at radius 1 is 1.29 bits per heavy atom. The molecule has 5 nitrogen and oxygen atoms in total. The lowest BCUT2D eigenvalue weighted by molar-refractivity contribution is 0.435. The van der Waals surface area contributed by atoms with E-state index in [4.69, 9.17) is 10.3 Å². The molecule has 0 amide bonds. The lowest BCUT2D eigenvalue weighted by Gasteiger charge is -2.03. The van der Waals surface area contributed by atoms with Crippen molar-refractivity contribution < 1.29 is 8.91 Å². The molecule has 0 aliphatic carbocycles. The van der Waals surface area contributed by atoms with E-state index in [1.807, 2.05) is 0 Å². The average Bonchev–Trinajstić information content (AvgIpc) is 2.82. The zero-order valence-corrected chi connectivity index (χ0v) is 11.2. The highest BCUT2D eigenvalue weighted by molar-refractivity contribution is 5.86. The van der Waals surface area contributed by atoms with Gasteiger partial charge in [-0.2, -0.15) is 0 Å². The Hall–Kier alpha value is -2.89. The molecule has 2 aromatic heterocycles. The third-order valence-electron chi connectivity index (χ3n) is 3.15. The van der Waals surface area contributed by atoms with E-state index >= 15 is 0 Å². The SMILES string of the molecule is Cc1cc(=O)c(-c2onc(N)c2-c2ccc(F)cc2)c[nH]1. The predicted molar refractivity (Wildman–Crippen MR) is 77.1 cm³/mol. The molecule has 0 unspecified atom stereocenters. The summed E-state index contributed by atoms with van der Waals surface area (Å²) in [5.74, 6) is 0.0560. The zero-order chi connectivity index (χ0) is 15.0. The first-order chi connectivity index (χ1) is 10.1. The standard InChI is InChI=1S/C15H12FN3O2/c1-8-6-12(20)11(7-18-8)14-13(15(17)19-21-14)9-2-4-10(16)5-3-9/h2-7H,1H3,(H2,17,19)(H,18,20). The van der Waals surface area contributed by atoms with Crippen LogP contribution in [-0.4, -0.2) is 10.1 Å². The van der Waals surface area contributed by atoms with Gasteiger partial charge in [0, 0.05) is 18.0 Å². The van der Waals surface area contributed by atoms with Crippen LogP contribution in [0.2, 0.25) is 0 Å². The zero-order valence-electron chi connectivity index (χ0n) is 11.2. The molecule has 0 bridgehead atoms. The summed E-state index contributed by atoms with van der Waals surface area (Å²) >= 11 is 0. The van der Waals surface area contributed by atoms with E-state index in [9.17, 15) is 9.18 Å². The van der Waals surface area contributed by atoms with Crippen molar-refractivity contribution in [3.8, 4) is 22.5 Å². The highest BCUT2D eigenvalue weighted by atomic mass is 19.1. The largest absolute Gasteiger partial charge is 0.380 e. The van der Waals surface area contributed by atoms with Crippen molar-refractivity contribution in [3.63, 3.8) is 0 Å². The van der Waals surface area contributed by atoms with Gasteiger partial charge in [-0.15, -0.1) is 0 Å². The van der Waals surface area contributed by atoms with Crippen LogP contribution < -0.4 is 11.2 Å². The Labute approximate surface area is 119 Å². The lowest BCUT2D eigenvalue weighted by atomic mass is 10.0. The number of aromatic nitrogens is 2. The first-order valence-electron chi connectivity index (χ1n) is 6.27. The van der Waals surface area contributed by atoms with Crippen LogP contribution in [0.5, 0.6) is 0 Å². The van der Waals surface area contributed by atoms with E-state index in [2.05, 4.69) is 10.1 Å². The minimum absolute atomic E-state index is 0.150. The smallest absolute Gasteiger partial charge is 0.192 e. The van der Waals surface area contributed by atoms with Crippen LogP contribution in [0.4, 0.5) is 10.2 Å². The number of pyridine rings is 1. The average molecular weight is 285 g/mol. The number of hydrogen-bond acceptors (Lipinski definition) is 4. The normalized spacial score (nSPS) is 10.8. The van der Waals surface area contributed by atoms with Gasteiger partial charge < -0.3 is 15.2 Å². The van der Waals surface area contributed by atoms with Crippen LogP contribution >= 0.6 is 0 Å². The fourth-order valence-electron chi connectivity index (χ4n) is 2.13. The summed E-state index contributed by atoms with van der Waals surface area (Å²) in [7, 11) is 0. The molecule has 0 atom stereocenters. The molecule has 0 fully saturated rings. The molecule has 0 saturated heterocycles. The summed E-state index contributed by atoms with van der Waals surface area (Å²) in [5.41, 5.74) is 7.78.